The number of carbonyl (C=O) groups is 1. The van der Waals surface area contributed by atoms with Crippen molar-refractivity contribution in [3.05, 3.63) is 69.7 Å². The van der Waals surface area contributed by atoms with Gasteiger partial charge in [0.2, 0.25) is 5.91 Å². The van der Waals surface area contributed by atoms with Crippen LogP contribution in [-0.2, 0) is 11.3 Å². The van der Waals surface area contributed by atoms with Gasteiger partial charge in [0.15, 0.2) is 0 Å². The van der Waals surface area contributed by atoms with E-state index >= 15 is 0 Å². The van der Waals surface area contributed by atoms with Crippen molar-refractivity contribution in [3.8, 4) is 0 Å². The smallest absolute Gasteiger partial charge is 0.223 e. The highest BCUT2D eigenvalue weighted by molar-refractivity contribution is 6.42. The molecule has 116 valence electrons. The quantitative estimate of drug-likeness (QED) is 0.740. The fraction of sp³-hybridized carbons (Fsp3) is 0.278. The van der Waals surface area contributed by atoms with Gasteiger partial charge in [0, 0.05) is 20.0 Å². The summed E-state index contributed by atoms with van der Waals surface area (Å²) in [5.41, 5.74) is 2.15. The van der Waals surface area contributed by atoms with Crippen LogP contribution in [0.4, 0.5) is 0 Å². The summed E-state index contributed by atoms with van der Waals surface area (Å²) in [5, 5.41) is 1.04. The topological polar surface area (TPSA) is 20.3 Å². The molecule has 0 bridgehead atoms. The fourth-order valence-electron chi connectivity index (χ4n) is 2.32. The third-order valence-corrected chi connectivity index (χ3v) is 4.42. The van der Waals surface area contributed by atoms with Crippen molar-refractivity contribution in [2.45, 2.75) is 25.8 Å². The predicted octanol–water partition coefficient (Wildman–Crippen LogP) is 5.15. The predicted molar refractivity (Wildman–Crippen MR) is 92.4 cm³/mol. The van der Waals surface area contributed by atoms with E-state index in [1.54, 1.807) is 17.0 Å². The molecule has 0 aromatic heterocycles. The molecule has 0 fully saturated rings. The van der Waals surface area contributed by atoms with E-state index in [0.717, 1.165) is 5.56 Å². The summed E-state index contributed by atoms with van der Waals surface area (Å²) in [5.74, 6) is 0.312. The number of hydrogen-bond donors (Lipinski definition) is 0. The van der Waals surface area contributed by atoms with Gasteiger partial charge in [0.1, 0.15) is 0 Å². The van der Waals surface area contributed by atoms with Gasteiger partial charge in [-0.15, -0.1) is 0 Å². The van der Waals surface area contributed by atoms with E-state index < -0.39 is 0 Å². The molecular formula is C18H19Cl2NO. The van der Waals surface area contributed by atoms with Gasteiger partial charge in [-0.05, 0) is 29.2 Å². The molecule has 0 saturated heterocycles. The molecule has 0 spiro atoms. The van der Waals surface area contributed by atoms with Crippen molar-refractivity contribution in [3.63, 3.8) is 0 Å². The van der Waals surface area contributed by atoms with Crippen LogP contribution in [0.1, 0.15) is 30.4 Å². The van der Waals surface area contributed by atoms with Crippen LogP contribution in [0.2, 0.25) is 10.0 Å². The molecule has 2 rings (SSSR count). The first kappa shape index (κ1) is 16.9. The standard InChI is InChI=1S/C18H19Cl2NO/c1-13(15-6-4-3-5-7-15)10-18(22)21(2)12-14-8-9-16(19)17(20)11-14/h3-9,11,13H,10,12H2,1-2H3. The summed E-state index contributed by atoms with van der Waals surface area (Å²) in [7, 11) is 1.81. The highest BCUT2D eigenvalue weighted by Crippen LogP contribution is 2.24. The molecule has 2 aromatic carbocycles. The van der Waals surface area contributed by atoms with Crippen LogP contribution in [0, 0.1) is 0 Å². The van der Waals surface area contributed by atoms with Crippen molar-refractivity contribution < 1.29 is 4.79 Å². The number of nitrogens with zero attached hydrogens (tertiary/aromatic N) is 1. The Bertz CT molecular complexity index is 643. The molecule has 0 aliphatic heterocycles. The third kappa shape index (κ3) is 4.49. The van der Waals surface area contributed by atoms with E-state index in [1.165, 1.54) is 5.56 Å². The molecule has 0 heterocycles. The second-order valence-electron chi connectivity index (χ2n) is 5.51. The summed E-state index contributed by atoms with van der Waals surface area (Å²) in [6.07, 6.45) is 0.488. The average Bonchev–Trinajstić information content (AvgIpc) is 2.51. The van der Waals surface area contributed by atoms with Crippen LogP contribution in [-0.4, -0.2) is 17.9 Å². The zero-order valence-corrected chi connectivity index (χ0v) is 14.2. The largest absolute Gasteiger partial charge is 0.341 e. The zero-order chi connectivity index (χ0) is 16.1. The van der Waals surface area contributed by atoms with Gasteiger partial charge in [0.05, 0.1) is 10.0 Å². The van der Waals surface area contributed by atoms with E-state index in [2.05, 4.69) is 19.1 Å². The van der Waals surface area contributed by atoms with Gasteiger partial charge in [-0.3, -0.25) is 4.79 Å². The van der Waals surface area contributed by atoms with Crippen LogP contribution >= 0.6 is 23.2 Å². The number of rotatable bonds is 5. The molecular weight excluding hydrogens is 317 g/mol. The maximum atomic E-state index is 12.3. The summed E-state index contributed by atoms with van der Waals surface area (Å²) >= 11 is 11.9. The highest BCUT2D eigenvalue weighted by Gasteiger charge is 2.15. The van der Waals surface area contributed by atoms with Crippen molar-refractivity contribution >= 4 is 29.1 Å². The molecule has 0 N–H and O–H groups in total. The number of amides is 1. The molecule has 2 nitrogen and oxygen atoms in total. The average molecular weight is 336 g/mol. The lowest BCUT2D eigenvalue weighted by molar-refractivity contribution is -0.130. The van der Waals surface area contributed by atoms with Crippen molar-refractivity contribution in [1.29, 1.82) is 0 Å². The molecule has 4 heteroatoms. The first-order valence-electron chi connectivity index (χ1n) is 7.20. The summed E-state index contributed by atoms with van der Waals surface area (Å²) in [6.45, 7) is 2.59. The minimum atomic E-state index is 0.113. The number of benzene rings is 2. The lowest BCUT2D eigenvalue weighted by atomic mass is 9.97. The molecule has 0 aliphatic carbocycles. The van der Waals surface area contributed by atoms with Crippen LogP contribution in [0.3, 0.4) is 0 Å². The Hall–Kier alpha value is -1.51. The maximum Gasteiger partial charge on any atom is 0.223 e. The Balaban J connectivity index is 1.95. The Labute approximate surface area is 141 Å². The Morgan fingerprint density at radius 2 is 1.77 bits per heavy atom. The number of halogens is 2. The van der Waals surface area contributed by atoms with Gasteiger partial charge in [0.25, 0.3) is 0 Å². The van der Waals surface area contributed by atoms with Crippen molar-refractivity contribution in [2.24, 2.45) is 0 Å². The van der Waals surface area contributed by atoms with Crippen LogP contribution in [0.5, 0.6) is 0 Å². The second kappa shape index (κ2) is 7.66. The molecule has 0 radical (unpaired) electrons. The minimum absolute atomic E-state index is 0.113. The monoisotopic (exact) mass is 335 g/mol. The van der Waals surface area contributed by atoms with Gasteiger partial charge in [-0.1, -0.05) is 66.5 Å². The first-order chi connectivity index (χ1) is 10.5. The summed E-state index contributed by atoms with van der Waals surface area (Å²) < 4.78 is 0. The Morgan fingerprint density at radius 3 is 2.41 bits per heavy atom. The molecule has 0 aliphatic rings. The van der Waals surface area contributed by atoms with E-state index in [1.807, 2.05) is 31.3 Å². The van der Waals surface area contributed by atoms with Gasteiger partial charge in [-0.2, -0.15) is 0 Å². The van der Waals surface area contributed by atoms with Crippen LogP contribution < -0.4 is 0 Å². The third-order valence-electron chi connectivity index (χ3n) is 3.68. The van der Waals surface area contributed by atoms with Gasteiger partial charge < -0.3 is 4.90 Å². The molecule has 1 unspecified atom stereocenters. The maximum absolute atomic E-state index is 12.3. The molecule has 22 heavy (non-hydrogen) atoms. The Morgan fingerprint density at radius 1 is 1.09 bits per heavy atom. The fourth-order valence-corrected chi connectivity index (χ4v) is 2.64. The lowest BCUT2D eigenvalue weighted by Crippen LogP contribution is -2.27. The molecule has 0 saturated carbocycles. The van der Waals surface area contributed by atoms with Gasteiger partial charge >= 0.3 is 0 Å². The lowest BCUT2D eigenvalue weighted by Gasteiger charge is -2.20. The van der Waals surface area contributed by atoms with Crippen molar-refractivity contribution in [1.82, 2.24) is 4.90 Å². The van der Waals surface area contributed by atoms with Crippen LogP contribution in [0.15, 0.2) is 48.5 Å². The molecule has 1 atom stereocenters. The first-order valence-corrected chi connectivity index (χ1v) is 7.96. The van der Waals surface area contributed by atoms with E-state index in [4.69, 9.17) is 23.2 Å². The van der Waals surface area contributed by atoms with Gasteiger partial charge in [-0.25, -0.2) is 0 Å². The van der Waals surface area contributed by atoms with E-state index in [9.17, 15) is 4.79 Å². The summed E-state index contributed by atoms with van der Waals surface area (Å²) in [4.78, 5) is 14.1. The normalized spacial score (nSPS) is 12.0. The number of hydrogen-bond acceptors (Lipinski definition) is 1. The Kier molecular flexibility index (Phi) is 5.87. The van der Waals surface area contributed by atoms with E-state index in [0.29, 0.717) is 23.0 Å². The summed E-state index contributed by atoms with van der Waals surface area (Å²) in [6, 6.07) is 15.5. The second-order valence-corrected chi connectivity index (χ2v) is 6.33. The van der Waals surface area contributed by atoms with E-state index in [-0.39, 0.29) is 11.8 Å². The molecule has 1 amide bonds. The van der Waals surface area contributed by atoms with Crippen molar-refractivity contribution in [2.75, 3.05) is 7.05 Å². The van der Waals surface area contributed by atoms with Crippen LogP contribution in [0.25, 0.3) is 0 Å². The number of carbonyl (C=O) groups excluding carboxylic acids is 1. The zero-order valence-electron chi connectivity index (χ0n) is 12.7. The minimum Gasteiger partial charge on any atom is -0.341 e. The highest BCUT2D eigenvalue weighted by atomic mass is 35.5. The molecule has 2 aromatic rings. The SMILES string of the molecule is CC(CC(=O)N(C)Cc1ccc(Cl)c(Cl)c1)c1ccccc1.